The normalized spacial score (nSPS) is 10.3. The summed E-state index contributed by atoms with van der Waals surface area (Å²) in [6.07, 6.45) is 0. The summed E-state index contributed by atoms with van der Waals surface area (Å²) in [4.78, 5) is 13.4. The lowest BCUT2D eigenvalue weighted by molar-refractivity contribution is 0.0601. The Balaban J connectivity index is 2.22. The number of nitrogens with zero attached hydrogens (tertiary/aromatic N) is 1. The number of hydrogen-bond acceptors (Lipinski definition) is 4. The second-order valence-corrected chi connectivity index (χ2v) is 5.59. The van der Waals surface area contributed by atoms with E-state index >= 15 is 0 Å². The third-order valence-corrected chi connectivity index (χ3v) is 4.31. The molecule has 0 saturated carbocycles. The maximum absolute atomic E-state index is 11.7. The number of ether oxygens (including phenoxy) is 1. The van der Waals surface area contributed by atoms with Crippen molar-refractivity contribution < 1.29 is 9.53 Å². The van der Waals surface area contributed by atoms with Gasteiger partial charge in [0, 0.05) is 4.88 Å². The molecule has 0 atom stereocenters. The zero-order valence-corrected chi connectivity index (χ0v) is 12.1. The molecule has 3 aromatic rings. The molecular weight excluding hydrogens is 282 g/mol. The lowest BCUT2D eigenvalue weighted by Crippen LogP contribution is -2.00. The molecule has 0 aliphatic rings. The summed E-state index contributed by atoms with van der Waals surface area (Å²) in [5, 5.41) is 11.0. The number of carbonyl (C=O) groups excluding carboxylic acids is 1. The first kappa shape index (κ1) is 13.3. The number of benzene rings is 2. The van der Waals surface area contributed by atoms with E-state index in [1.165, 1.54) is 18.4 Å². The summed E-state index contributed by atoms with van der Waals surface area (Å²) in [7, 11) is 1.37. The number of rotatable bonds is 2. The molecule has 0 fully saturated rings. The molecule has 3 nitrogen and oxygen atoms in total. The van der Waals surface area contributed by atoms with E-state index in [4.69, 9.17) is 10.00 Å². The van der Waals surface area contributed by atoms with E-state index in [2.05, 4.69) is 6.07 Å². The van der Waals surface area contributed by atoms with Gasteiger partial charge in [0.1, 0.15) is 10.9 Å². The van der Waals surface area contributed by atoms with Crippen molar-refractivity contribution in [3.05, 3.63) is 59.0 Å². The molecule has 21 heavy (non-hydrogen) atoms. The van der Waals surface area contributed by atoms with Crippen LogP contribution in [-0.4, -0.2) is 13.1 Å². The van der Waals surface area contributed by atoms with Gasteiger partial charge in [-0.3, -0.25) is 0 Å². The first-order valence-corrected chi connectivity index (χ1v) is 7.16. The molecule has 0 unspecified atom stereocenters. The summed E-state index contributed by atoms with van der Waals surface area (Å²) in [6.45, 7) is 0. The van der Waals surface area contributed by atoms with E-state index in [0.29, 0.717) is 10.4 Å². The number of nitriles is 1. The highest BCUT2D eigenvalue weighted by molar-refractivity contribution is 7.16. The number of methoxy groups -OCH3 is 1. The van der Waals surface area contributed by atoms with Crippen molar-refractivity contribution in [2.75, 3.05) is 7.11 Å². The number of hydrogen-bond donors (Lipinski definition) is 0. The van der Waals surface area contributed by atoms with Crippen LogP contribution in [0.4, 0.5) is 0 Å². The number of fused-ring (bicyclic) bond motifs is 1. The van der Waals surface area contributed by atoms with Crippen molar-refractivity contribution in [2.45, 2.75) is 0 Å². The molecular formula is C17H11NO2S. The zero-order chi connectivity index (χ0) is 14.8. The summed E-state index contributed by atoms with van der Waals surface area (Å²) < 4.78 is 4.77. The third kappa shape index (κ3) is 2.39. The summed E-state index contributed by atoms with van der Waals surface area (Å²) in [6, 6.07) is 17.4. The minimum atomic E-state index is -0.351. The van der Waals surface area contributed by atoms with Gasteiger partial charge < -0.3 is 4.74 Å². The van der Waals surface area contributed by atoms with Crippen LogP contribution in [0.1, 0.15) is 15.2 Å². The Bertz CT molecular complexity index is 874. The van der Waals surface area contributed by atoms with E-state index < -0.39 is 0 Å². The molecule has 0 saturated heterocycles. The molecule has 0 N–H and O–H groups in total. The lowest BCUT2D eigenvalue weighted by atomic mass is 10.0. The molecule has 0 radical (unpaired) electrons. The molecule has 1 aromatic heterocycles. The predicted molar refractivity (Wildman–Crippen MR) is 83.3 cm³/mol. The zero-order valence-electron chi connectivity index (χ0n) is 11.3. The first-order valence-electron chi connectivity index (χ1n) is 6.34. The molecule has 1 heterocycles. The van der Waals surface area contributed by atoms with Crippen LogP contribution in [0, 0.1) is 11.3 Å². The Kier molecular flexibility index (Phi) is 3.43. The van der Waals surface area contributed by atoms with Gasteiger partial charge in [-0.2, -0.15) is 5.26 Å². The van der Waals surface area contributed by atoms with Gasteiger partial charge in [0.25, 0.3) is 0 Å². The van der Waals surface area contributed by atoms with Crippen molar-refractivity contribution in [1.82, 2.24) is 0 Å². The van der Waals surface area contributed by atoms with E-state index in [9.17, 15) is 4.79 Å². The Morgan fingerprint density at radius 1 is 1.19 bits per heavy atom. The van der Waals surface area contributed by atoms with Crippen LogP contribution >= 0.6 is 11.3 Å². The van der Waals surface area contributed by atoms with Gasteiger partial charge in [-0.1, -0.05) is 24.3 Å². The smallest absolute Gasteiger partial charge is 0.337 e. The standard InChI is InChI=1S/C17H11NO2S/c1-20-17(19)12-6-5-11-3-2-4-14(15(11)9-12)16-8-7-13(10-18)21-16/h2-9H,1H3. The fourth-order valence-electron chi connectivity index (χ4n) is 2.28. The van der Waals surface area contributed by atoms with Gasteiger partial charge in [-0.05, 0) is 40.6 Å². The highest BCUT2D eigenvalue weighted by Crippen LogP contribution is 2.34. The minimum Gasteiger partial charge on any atom is -0.465 e. The van der Waals surface area contributed by atoms with Crippen molar-refractivity contribution in [2.24, 2.45) is 0 Å². The summed E-state index contributed by atoms with van der Waals surface area (Å²) >= 11 is 1.44. The molecule has 0 spiro atoms. The van der Waals surface area contributed by atoms with Crippen LogP contribution in [-0.2, 0) is 4.74 Å². The second kappa shape index (κ2) is 5.39. The fourth-order valence-corrected chi connectivity index (χ4v) is 3.12. The van der Waals surface area contributed by atoms with Crippen LogP contribution in [0.5, 0.6) is 0 Å². The van der Waals surface area contributed by atoms with Crippen LogP contribution in [0.15, 0.2) is 48.5 Å². The van der Waals surface area contributed by atoms with Crippen molar-refractivity contribution in [3.8, 4) is 16.5 Å². The highest BCUT2D eigenvalue weighted by Gasteiger charge is 2.10. The molecule has 4 heteroatoms. The topological polar surface area (TPSA) is 50.1 Å². The molecule has 0 amide bonds. The number of carbonyl (C=O) groups is 1. The van der Waals surface area contributed by atoms with E-state index in [0.717, 1.165) is 21.2 Å². The fraction of sp³-hybridized carbons (Fsp3) is 0.0588. The lowest BCUT2D eigenvalue weighted by Gasteiger charge is -2.06. The predicted octanol–water partition coefficient (Wildman–Crippen LogP) is 4.23. The average Bonchev–Trinajstić information content (AvgIpc) is 3.02. The second-order valence-electron chi connectivity index (χ2n) is 4.51. The number of esters is 1. The van der Waals surface area contributed by atoms with Gasteiger partial charge in [0.15, 0.2) is 0 Å². The van der Waals surface area contributed by atoms with Gasteiger partial charge >= 0.3 is 5.97 Å². The molecule has 3 rings (SSSR count). The van der Waals surface area contributed by atoms with Crippen molar-refractivity contribution in [3.63, 3.8) is 0 Å². The largest absolute Gasteiger partial charge is 0.465 e. The van der Waals surface area contributed by atoms with Crippen molar-refractivity contribution >= 4 is 28.1 Å². The van der Waals surface area contributed by atoms with E-state index in [1.54, 1.807) is 6.07 Å². The Morgan fingerprint density at radius 3 is 2.76 bits per heavy atom. The Morgan fingerprint density at radius 2 is 2.05 bits per heavy atom. The van der Waals surface area contributed by atoms with Crippen LogP contribution in [0.3, 0.4) is 0 Å². The monoisotopic (exact) mass is 293 g/mol. The van der Waals surface area contributed by atoms with E-state index in [1.807, 2.05) is 42.5 Å². The summed E-state index contributed by atoms with van der Waals surface area (Å²) in [5.41, 5.74) is 1.54. The molecule has 102 valence electrons. The van der Waals surface area contributed by atoms with E-state index in [-0.39, 0.29) is 5.97 Å². The minimum absolute atomic E-state index is 0.351. The Hall–Kier alpha value is -2.64. The van der Waals surface area contributed by atoms with Gasteiger partial charge in [-0.25, -0.2) is 4.79 Å². The average molecular weight is 293 g/mol. The van der Waals surface area contributed by atoms with Crippen LogP contribution in [0.25, 0.3) is 21.2 Å². The molecule has 0 bridgehead atoms. The van der Waals surface area contributed by atoms with Gasteiger partial charge in [0.2, 0.25) is 0 Å². The highest BCUT2D eigenvalue weighted by atomic mass is 32.1. The quantitative estimate of drug-likeness (QED) is 0.664. The maximum atomic E-state index is 11.7. The molecule has 0 aliphatic heterocycles. The molecule has 2 aromatic carbocycles. The number of thiophene rings is 1. The van der Waals surface area contributed by atoms with Gasteiger partial charge in [0.05, 0.1) is 12.7 Å². The summed E-state index contributed by atoms with van der Waals surface area (Å²) in [5.74, 6) is -0.351. The van der Waals surface area contributed by atoms with Crippen LogP contribution < -0.4 is 0 Å². The molecule has 0 aliphatic carbocycles. The third-order valence-electron chi connectivity index (χ3n) is 3.28. The Labute approximate surface area is 126 Å². The first-order chi connectivity index (χ1) is 10.2. The van der Waals surface area contributed by atoms with Crippen LogP contribution in [0.2, 0.25) is 0 Å². The maximum Gasteiger partial charge on any atom is 0.337 e. The van der Waals surface area contributed by atoms with Crippen molar-refractivity contribution in [1.29, 1.82) is 5.26 Å². The van der Waals surface area contributed by atoms with Gasteiger partial charge in [-0.15, -0.1) is 11.3 Å². The SMILES string of the molecule is COC(=O)c1ccc2cccc(-c3ccc(C#N)s3)c2c1.